The Morgan fingerprint density at radius 3 is 2.75 bits per heavy atom. The minimum Gasteiger partial charge on any atom is -0.367 e. The molecule has 1 spiro atoms. The van der Waals surface area contributed by atoms with Gasteiger partial charge in [0.05, 0.1) is 5.56 Å². The highest BCUT2D eigenvalue weighted by atomic mass is 19.1. The van der Waals surface area contributed by atoms with Crippen molar-refractivity contribution in [3.63, 3.8) is 0 Å². The first-order chi connectivity index (χ1) is 13.5. The third-order valence-corrected chi connectivity index (χ3v) is 6.32. The van der Waals surface area contributed by atoms with Crippen LogP contribution in [0.15, 0.2) is 36.7 Å². The Bertz CT molecular complexity index is 870. The molecule has 1 aromatic carbocycles. The number of piperidine rings is 1. The summed E-state index contributed by atoms with van der Waals surface area (Å²) in [6.45, 7) is 3.82. The Hall–Kier alpha value is -2.63. The minimum atomic E-state index is -0.234. The second-order valence-corrected chi connectivity index (χ2v) is 7.96. The third-order valence-electron chi connectivity index (χ3n) is 6.32. The molecule has 5 nitrogen and oxygen atoms in total. The van der Waals surface area contributed by atoms with Crippen LogP contribution < -0.4 is 5.32 Å². The number of hydrogen-bond donors (Lipinski definition) is 2. The molecular formula is C22H26FN3O2. The number of nitrogens with zero attached hydrogens (tertiary/aromatic N) is 1. The summed E-state index contributed by atoms with van der Waals surface area (Å²) in [5.74, 6) is -0.0518. The zero-order valence-electron chi connectivity index (χ0n) is 16.1. The Kier molecular flexibility index (Phi) is 4.96. The van der Waals surface area contributed by atoms with Crippen LogP contribution in [0.25, 0.3) is 0 Å². The summed E-state index contributed by atoms with van der Waals surface area (Å²) in [6, 6.07) is 6.78. The topological polar surface area (TPSA) is 65.2 Å². The molecule has 2 N–H and O–H groups in total. The quantitative estimate of drug-likeness (QED) is 0.850. The number of hydrogen-bond acceptors (Lipinski definition) is 2. The number of aromatic amines is 1. The number of carbonyl (C=O) groups excluding carboxylic acids is 2. The maximum atomic E-state index is 14.1. The van der Waals surface area contributed by atoms with Gasteiger partial charge in [0.2, 0.25) is 5.91 Å². The number of H-pyrrole nitrogens is 1. The summed E-state index contributed by atoms with van der Waals surface area (Å²) in [4.78, 5) is 29.6. The predicted octanol–water partition coefficient (Wildman–Crippen LogP) is 3.34. The first kappa shape index (κ1) is 18.7. The zero-order valence-corrected chi connectivity index (χ0v) is 16.1. The van der Waals surface area contributed by atoms with Crippen molar-refractivity contribution >= 4 is 11.8 Å². The van der Waals surface area contributed by atoms with Crippen molar-refractivity contribution in [2.75, 3.05) is 19.6 Å². The number of carbonyl (C=O) groups is 2. The smallest absolute Gasteiger partial charge is 0.255 e. The van der Waals surface area contributed by atoms with E-state index in [9.17, 15) is 14.0 Å². The van der Waals surface area contributed by atoms with Crippen molar-refractivity contribution in [2.24, 2.45) is 0 Å². The van der Waals surface area contributed by atoms with Crippen LogP contribution in [-0.2, 0) is 10.2 Å². The highest BCUT2D eigenvalue weighted by Gasteiger charge is 2.46. The summed E-state index contributed by atoms with van der Waals surface area (Å²) in [5, 5.41) is 2.87. The van der Waals surface area contributed by atoms with Crippen LogP contribution in [0.5, 0.6) is 0 Å². The molecule has 2 amide bonds. The van der Waals surface area contributed by atoms with Crippen molar-refractivity contribution in [2.45, 2.75) is 43.9 Å². The molecule has 2 heterocycles. The van der Waals surface area contributed by atoms with Gasteiger partial charge in [0.15, 0.2) is 0 Å². The summed E-state index contributed by atoms with van der Waals surface area (Å²) < 4.78 is 14.1. The Labute approximate surface area is 164 Å². The molecule has 6 heteroatoms. The fraction of sp³-hybridized carbons (Fsp3) is 0.455. The van der Waals surface area contributed by atoms with Crippen LogP contribution in [0, 0.1) is 5.82 Å². The average Bonchev–Trinajstić information content (AvgIpc) is 3.30. The van der Waals surface area contributed by atoms with Gasteiger partial charge in [-0.1, -0.05) is 6.07 Å². The molecule has 4 rings (SSSR count). The number of rotatable bonds is 4. The average molecular weight is 383 g/mol. The number of aromatic nitrogens is 1. The van der Waals surface area contributed by atoms with Crippen LogP contribution in [0.2, 0.25) is 0 Å². The first-order valence-corrected chi connectivity index (χ1v) is 10.0. The largest absolute Gasteiger partial charge is 0.367 e. The van der Waals surface area contributed by atoms with E-state index in [0.29, 0.717) is 31.6 Å². The molecule has 0 unspecified atom stereocenters. The van der Waals surface area contributed by atoms with E-state index in [1.54, 1.807) is 24.5 Å². The molecule has 28 heavy (non-hydrogen) atoms. The van der Waals surface area contributed by atoms with Crippen LogP contribution in [0.4, 0.5) is 4.39 Å². The Balaban J connectivity index is 1.54. The third kappa shape index (κ3) is 3.32. The van der Waals surface area contributed by atoms with Crippen LogP contribution in [0.3, 0.4) is 0 Å². The van der Waals surface area contributed by atoms with Gasteiger partial charge >= 0.3 is 0 Å². The van der Waals surface area contributed by atoms with E-state index >= 15 is 0 Å². The van der Waals surface area contributed by atoms with Crippen molar-refractivity contribution in [1.29, 1.82) is 0 Å². The number of amides is 2. The standard InChI is InChI=1S/C22H26FN3O2/c1-2-25-20(27)11-16-13-22(19-12-17(23)3-4-18(16)19)6-9-26(10-7-22)21(28)15-5-8-24-14-15/h3-5,8,12,14,16,24H,2,6-7,9-11,13H2,1H3,(H,25,27)/t16-/m0/s1. The highest BCUT2D eigenvalue weighted by molar-refractivity contribution is 5.94. The molecule has 1 aliphatic heterocycles. The normalized spacial score (nSPS) is 20.2. The molecule has 1 atom stereocenters. The van der Waals surface area contributed by atoms with Crippen molar-refractivity contribution in [1.82, 2.24) is 15.2 Å². The molecule has 1 aliphatic carbocycles. The first-order valence-electron chi connectivity index (χ1n) is 10.0. The van der Waals surface area contributed by atoms with E-state index in [1.807, 2.05) is 17.9 Å². The summed E-state index contributed by atoms with van der Waals surface area (Å²) in [6.07, 6.45) is 6.34. The van der Waals surface area contributed by atoms with Gasteiger partial charge in [-0.05, 0) is 66.8 Å². The van der Waals surface area contributed by atoms with E-state index in [0.717, 1.165) is 30.4 Å². The van der Waals surface area contributed by atoms with Gasteiger partial charge in [-0.15, -0.1) is 0 Å². The van der Waals surface area contributed by atoms with Crippen LogP contribution in [0.1, 0.15) is 60.0 Å². The van der Waals surface area contributed by atoms with Crippen molar-refractivity contribution in [3.8, 4) is 0 Å². The van der Waals surface area contributed by atoms with E-state index in [-0.39, 0.29) is 29.0 Å². The molecular weight excluding hydrogens is 357 g/mol. The highest BCUT2D eigenvalue weighted by Crippen LogP contribution is 2.53. The number of benzene rings is 1. The van der Waals surface area contributed by atoms with Crippen molar-refractivity contribution in [3.05, 3.63) is 59.2 Å². The lowest BCUT2D eigenvalue weighted by molar-refractivity contribution is -0.121. The van der Waals surface area contributed by atoms with Crippen molar-refractivity contribution < 1.29 is 14.0 Å². The van der Waals surface area contributed by atoms with Gasteiger partial charge in [-0.2, -0.15) is 0 Å². The van der Waals surface area contributed by atoms with Crippen LogP contribution >= 0.6 is 0 Å². The van der Waals surface area contributed by atoms with Gasteiger partial charge in [0, 0.05) is 38.4 Å². The zero-order chi connectivity index (χ0) is 19.7. The van der Waals surface area contributed by atoms with Crippen LogP contribution in [-0.4, -0.2) is 41.3 Å². The molecule has 1 aromatic heterocycles. The van der Waals surface area contributed by atoms with Gasteiger partial charge in [-0.3, -0.25) is 9.59 Å². The maximum Gasteiger partial charge on any atom is 0.255 e. The van der Waals surface area contributed by atoms with E-state index in [2.05, 4.69) is 10.3 Å². The second-order valence-electron chi connectivity index (χ2n) is 7.96. The summed E-state index contributed by atoms with van der Waals surface area (Å²) in [7, 11) is 0. The number of fused-ring (bicyclic) bond motifs is 2. The lowest BCUT2D eigenvalue weighted by Crippen LogP contribution is -2.44. The number of likely N-dealkylation sites (tertiary alicyclic amines) is 1. The molecule has 2 aromatic rings. The fourth-order valence-electron chi connectivity index (χ4n) is 4.96. The number of halogens is 1. The predicted molar refractivity (Wildman–Crippen MR) is 105 cm³/mol. The SMILES string of the molecule is CCNC(=O)C[C@H]1CC2(CCN(C(=O)c3cc[nH]c3)CC2)c2cc(F)ccc21. The molecule has 148 valence electrons. The van der Waals surface area contributed by atoms with Gasteiger partial charge in [0.25, 0.3) is 5.91 Å². The fourth-order valence-corrected chi connectivity index (χ4v) is 4.96. The molecule has 0 saturated carbocycles. The minimum absolute atomic E-state index is 0.0347. The maximum absolute atomic E-state index is 14.1. The second kappa shape index (κ2) is 7.41. The molecule has 2 aliphatic rings. The monoisotopic (exact) mass is 383 g/mol. The lowest BCUT2D eigenvalue weighted by atomic mass is 9.73. The molecule has 0 bridgehead atoms. The van der Waals surface area contributed by atoms with Gasteiger partial charge in [-0.25, -0.2) is 4.39 Å². The molecule has 1 saturated heterocycles. The van der Waals surface area contributed by atoms with E-state index < -0.39 is 0 Å². The van der Waals surface area contributed by atoms with E-state index in [4.69, 9.17) is 0 Å². The molecule has 0 radical (unpaired) electrons. The Morgan fingerprint density at radius 2 is 2.07 bits per heavy atom. The Morgan fingerprint density at radius 1 is 1.29 bits per heavy atom. The molecule has 1 fully saturated rings. The van der Waals surface area contributed by atoms with Gasteiger partial charge in [0.1, 0.15) is 5.82 Å². The van der Waals surface area contributed by atoms with E-state index in [1.165, 1.54) is 6.07 Å². The lowest BCUT2D eigenvalue weighted by Gasteiger charge is -2.40. The summed E-state index contributed by atoms with van der Waals surface area (Å²) >= 11 is 0. The number of nitrogens with one attached hydrogen (secondary N) is 2. The van der Waals surface area contributed by atoms with Gasteiger partial charge < -0.3 is 15.2 Å². The summed E-state index contributed by atoms with van der Waals surface area (Å²) in [5.41, 5.74) is 2.65.